The summed E-state index contributed by atoms with van der Waals surface area (Å²) in [6, 6.07) is 0. The number of carbonyl (C=O) groups is 4. The Morgan fingerprint density at radius 3 is 0.687 bits per heavy atom. The second-order valence-corrected chi connectivity index (χ2v) is 33.1. The highest BCUT2D eigenvalue weighted by Crippen LogP contribution is 2.45. The molecule has 0 bridgehead atoms. The summed E-state index contributed by atoms with van der Waals surface area (Å²) >= 11 is 0. The van der Waals surface area contributed by atoms with Crippen LogP contribution in [-0.2, 0) is 65.4 Å². The van der Waals surface area contributed by atoms with Gasteiger partial charge in [0.15, 0.2) is 12.2 Å². The molecule has 17 nitrogen and oxygen atoms in total. The molecule has 0 heterocycles. The highest BCUT2D eigenvalue weighted by Gasteiger charge is 2.30. The molecule has 0 aromatic rings. The van der Waals surface area contributed by atoms with E-state index in [-0.39, 0.29) is 25.7 Å². The van der Waals surface area contributed by atoms with Crippen LogP contribution in [0.1, 0.15) is 414 Å². The fourth-order valence-corrected chi connectivity index (χ4v) is 13.9. The maximum Gasteiger partial charge on any atom is 0.472 e. The highest BCUT2D eigenvalue weighted by atomic mass is 31.2. The second-order valence-electron chi connectivity index (χ2n) is 30.2. The maximum absolute atomic E-state index is 13.1. The summed E-state index contributed by atoms with van der Waals surface area (Å²) in [4.78, 5) is 73.0. The first kappa shape index (κ1) is 97.1. The molecule has 0 aliphatic heterocycles. The Balaban J connectivity index is 5.25. The summed E-state index contributed by atoms with van der Waals surface area (Å²) in [7, 11) is -9.92. The van der Waals surface area contributed by atoms with Gasteiger partial charge >= 0.3 is 39.5 Å². The fraction of sp³-hybridized carbons (Fsp3) is 0.950. The molecule has 19 heteroatoms. The van der Waals surface area contributed by atoms with E-state index < -0.39 is 97.5 Å². The standard InChI is InChI=1S/C80H156O17P2/c1-8-9-10-11-12-13-33-40-47-54-61-77(82)90-67-75(96-80(85)64-57-50-43-36-29-23-22-26-32-39-46-53-60-73(6)7)69-94-98(86,87)92-65-74(81)66-93-99(88,89)95-70-76(97-79(84)63-56-49-42-35-28-21-17-15-19-25-31-38-45-52-59-72(4)5)68-91-78(83)62-55-48-41-34-27-20-16-14-18-24-30-37-44-51-58-71(2)3/h71-76,81H,8-70H2,1-7H3,(H,86,87)(H,88,89)/t74-,75+,76+/m0/s1. The van der Waals surface area contributed by atoms with Crippen molar-refractivity contribution in [1.82, 2.24) is 0 Å². The van der Waals surface area contributed by atoms with Crippen LogP contribution in [-0.4, -0.2) is 96.7 Å². The third-order valence-corrected chi connectivity index (χ3v) is 20.5. The molecule has 0 aliphatic carbocycles. The van der Waals surface area contributed by atoms with Gasteiger partial charge in [-0.15, -0.1) is 0 Å². The van der Waals surface area contributed by atoms with E-state index >= 15 is 0 Å². The third kappa shape index (κ3) is 74.1. The molecular formula is C80H156O17P2. The summed E-state index contributed by atoms with van der Waals surface area (Å²) in [6.45, 7) is 12.0. The molecular weight excluding hydrogens is 1290 g/mol. The number of rotatable bonds is 78. The molecule has 0 amide bonds. The molecule has 0 rings (SSSR count). The number of aliphatic hydroxyl groups excluding tert-OH is 1. The SMILES string of the molecule is CCCCCCCCCCCCC(=O)OC[C@H](COP(=O)(O)OC[C@H](O)COP(=O)(O)OC[C@@H](COC(=O)CCCCCCCCCCCCCCCCC(C)C)OC(=O)CCCCCCCCCCCCCCCCC(C)C)OC(=O)CCCCCCCCCCCCCCC(C)C. The van der Waals surface area contributed by atoms with Crippen molar-refractivity contribution in [2.24, 2.45) is 17.8 Å². The van der Waals surface area contributed by atoms with Crippen LogP contribution in [0.15, 0.2) is 0 Å². The molecule has 0 fully saturated rings. The van der Waals surface area contributed by atoms with Gasteiger partial charge in [-0.1, -0.05) is 363 Å². The van der Waals surface area contributed by atoms with Crippen molar-refractivity contribution in [2.75, 3.05) is 39.6 Å². The lowest BCUT2D eigenvalue weighted by molar-refractivity contribution is -0.161. The van der Waals surface area contributed by atoms with Crippen molar-refractivity contribution >= 4 is 39.5 Å². The summed E-state index contributed by atoms with van der Waals surface area (Å²) < 4.78 is 68.7. The summed E-state index contributed by atoms with van der Waals surface area (Å²) in [5, 5.41) is 10.6. The minimum Gasteiger partial charge on any atom is -0.462 e. The Morgan fingerprint density at radius 1 is 0.273 bits per heavy atom. The van der Waals surface area contributed by atoms with Crippen LogP contribution >= 0.6 is 15.6 Å². The van der Waals surface area contributed by atoms with Crippen molar-refractivity contribution < 1.29 is 80.2 Å². The van der Waals surface area contributed by atoms with E-state index in [0.717, 1.165) is 108 Å². The van der Waals surface area contributed by atoms with Crippen molar-refractivity contribution in [1.29, 1.82) is 0 Å². The smallest absolute Gasteiger partial charge is 0.462 e. The van der Waals surface area contributed by atoms with Gasteiger partial charge < -0.3 is 33.8 Å². The monoisotopic (exact) mass is 1450 g/mol. The number of hydrogen-bond acceptors (Lipinski definition) is 15. The van der Waals surface area contributed by atoms with E-state index in [2.05, 4.69) is 48.5 Å². The van der Waals surface area contributed by atoms with E-state index in [1.165, 1.54) is 225 Å². The van der Waals surface area contributed by atoms with Crippen molar-refractivity contribution in [3.8, 4) is 0 Å². The van der Waals surface area contributed by atoms with Gasteiger partial charge in [0.05, 0.1) is 26.4 Å². The Hall–Kier alpha value is -1.94. The zero-order valence-corrected chi connectivity index (χ0v) is 66.8. The third-order valence-electron chi connectivity index (χ3n) is 18.6. The van der Waals surface area contributed by atoms with Gasteiger partial charge in [-0.05, 0) is 43.4 Å². The minimum absolute atomic E-state index is 0.107. The number of phosphoric acid groups is 2. The first-order chi connectivity index (χ1) is 47.7. The Kier molecular flexibility index (Phi) is 69.0. The van der Waals surface area contributed by atoms with Gasteiger partial charge in [-0.3, -0.25) is 37.3 Å². The van der Waals surface area contributed by atoms with Crippen molar-refractivity contribution in [2.45, 2.75) is 433 Å². The van der Waals surface area contributed by atoms with Crippen molar-refractivity contribution in [3.63, 3.8) is 0 Å². The van der Waals surface area contributed by atoms with Gasteiger partial charge in [0.1, 0.15) is 19.3 Å². The normalized spacial score (nSPS) is 14.0. The average Bonchev–Trinajstić information content (AvgIpc) is 1.09. The Morgan fingerprint density at radius 2 is 0.465 bits per heavy atom. The summed E-state index contributed by atoms with van der Waals surface area (Å²) in [5.74, 6) is 0.260. The van der Waals surface area contributed by atoms with Gasteiger partial charge in [-0.2, -0.15) is 0 Å². The Labute approximate surface area is 607 Å². The largest absolute Gasteiger partial charge is 0.472 e. The number of carbonyl (C=O) groups excluding carboxylic acids is 4. The molecule has 5 atom stereocenters. The first-order valence-electron chi connectivity index (χ1n) is 41.3. The van der Waals surface area contributed by atoms with Crippen LogP contribution in [0.25, 0.3) is 0 Å². The lowest BCUT2D eigenvalue weighted by atomic mass is 10.0. The fourth-order valence-electron chi connectivity index (χ4n) is 12.3. The molecule has 2 unspecified atom stereocenters. The number of ether oxygens (including phenoxy) is 4. The molecule has 3 N–H and O–H groups in total. The van der Waals surface area contributed by atoms with Crippen LogP contribution in [0.3, 0.4) is 0 Å². The topological polar surface area (TPSA) is 237 Å². The van der Waals surface area contributed by atoms with Crippen LogP contribution in [0.2, 0.25) is 0 Å². The number of phosphoric ester groups is 2. The number of esters is 4. The molecule has 0 aromatic carbocycles. The first-order valence-corrected chi connectivity index (χ1v) is 44.3. The average molecular weight is 1450 g/mol. The maximum atomic E-state index is 13.1. The molecule has 0 saturated carbocycles. The molecule has 0 aliphatic rings. The van der Waals surface area contributed by atoms with Gasteiger partial charge in [0.25, 0.3) is 0 Å². The highest BCUT2D eigenvalue weighted by molar-refractivity contribution is 7.47. The van der Waals surface area contributed by atoms with Crippen LogP contribution in [0.4, 0.5) is 0 Å². The number of unbranched alkanes of at least 4 members (excludes halogenated alkanes) is 46. The predicted molar refractivity (Wildman–Crippen MR) is 405 cm³/mol. The van der Waals surface area contributed by atoms with E-state index in [1.54, 1.807) is 0 Å². The lowest BCUT2D eigenvalue weighted by Gasteiger charge is -2.21. The number of hydrogen-bond donors (Lipinski definition) is 3. The van der Waals surface area contributed by atoms with Gasteiger partial charge in [0.2, 0.25) is 0 Å². The predicted octanol–water partition coefficient (Wildman–Crippen LogP) is 23.7. The van der Waals surface area contributed by atoms with Gasteiger partial charge in [-0.25, -0.2) is 9.13 Å². The van der Waals surface area contributed by atoms with Crippen LogP contribution < -0.4 is 0 Å². The minimum atomic E-state index is -4.96. The van der Waals surface area contributed by atoms with Crippen LogP contribution in [0, 0.1) is 17.8 Å². The zero-order chi connectivity index (χ0) is 73.0. The molecule has 99 heavy (non-hydrogen) atoms. The van der Waals surface area contributed by atoms with E-state index in [1.807, 2.05) is 0 Å². The second kappa shape index (κ2) is 70.4. The van der Waals surface area contributed by atoms with E-state index in [0.29, 0.717) is 25.7 Å². The van der Waals surface area contributed by atoms with Crippen molar-refractivity contribution in [3.05, 3.63) is 0 Å². The summed E-state index contributed by atoms with van der Waals surface area (Å²) in [5.41, 5.74) is 0. The zero-order valence-electron chi connectivity index (χ0n) is 65.0. The quantitative estimate of drug-likeness (QED) is 0.0222. The van der Waals surface area contributed by atoms with Gasteiger partial charge in [0, 0.05) is 25.7 Å². The Bertz CT molecular complexity index is 1920. The van der Waals surface area contributed by atoms with Crippen LogP contribution in [0.5, 0.6) is 0 Å². The molecule has 588 valence electrons. The van der Waals surface area contributed by atoms with E-state index in [4.69, 9.17) is 37.0 Å². The molecule has 0 aromatic heterocycles. The summed E-state index contributed by atoms with van der Waals surface area (Å²) in [6.07, 6.45) is 58.1. The lowest BCUT2D eigenvalue weighted by Crippen LogP contribution is -2.30. The number of aliphatic hydroxyl groups is 1. The molecule has 0 saturated heterocycles. The molecule has 0 radical (unpaired) electrons. The molecule has 0 spiro atoms. The van der Waals surface area contributed by atoms with E-state index in [9.17, 15) is 43.2 Å².